The molecule has 0 unspecified atom stereocenters. The van der Waals surface area contributed by atoms with Crippen LogP contribution in [0.5, 0.6) is 0 Å². The van der Waals surface area contributed by atoms with Gasteiger partial charge in [0.05, 0.1) is 5.39 Å². The molecule has 0 amide bonds. The number of aryl methyl sites for hydroxylation is 2. The lowest BCUT2D eigenvalue weighted by Gasteiger charge is -2.18. The van der Waals surface area contributed by atoms with E-state index in [2.05, 4.69) is 0 Å². The third-order valence-electron chi connectivity index (χ3n) is 5.08. The van der Waals surface area contributed by atoms with Crippen molar-refractivity contribution in [2.24, 2.45) is 0 Å². The van der Waals surface area contributed by atoms with Crippen molar-refractivity contribution >= 4 is 27.4 Å². The number of rotatable bonds is 1. The van der Waals surface area contributed by atoms with Gasteiger partial charge in [0.2, 0.25) is 0 Å². The van der Waals surface area contributed by atoms with Crippen molar-refractivity contribution in [1.29, 1.82) is 0 Å². The first kappa shape index (κ1) is 13.5. The molecule has 4 heteroatoms. The van der Waals surface area contributed by atoms with Gasteiger partial charge in [-0.2, -0.15) is 0 Å². The molecular weight excluding hydrogens is 278 g/mol. The third kappa shape index (κ3) is 2.44. The Balaban J connectivity index is 1.72. The average Bonchev–Trinajstić information content (AvgIpc) is 2.97. The minimum atomic E-state index is 0.522. The Kier molecular flexibility index (Phi) is 3.57. The smallest absolute Gasteiger partial charge is 0.136 e. The highest BCUT2D eigenvalue weighted by Crippen LogP contribution is 2.40. The fourth-order valence-corrected chi connectivity index (χ4v) is 5.21. The van der Waals surface area contributed by atoms with E-state index in [0.29, 0.717) is 5.92 Å². The van der Waals surface area contributed by atoms with Gasteiger partial charge in [-0.05, 0) is 37.7 Å². The van der Waals surface area contributed by atoms with Crippen LogP contribution in [0.1, 0.15) is 73.5 Å². The quantitative estimate of drug-likeness (QED) is 0.838. The van der Waals surface area contributed by atoms with Gasteiger partial charge >= 0.3 is 0 Å². The monoisotopic (exact) mass is 301 g/mol. The Hall–Kier alpha value is -1.16. The molecule has 2 heterocycles. The van der Waals surface area contributed by atoms with E-state index in [0.717, 1.165) is 22.9 Å². The number of aromatic nitrogens is 2. The van der Waals surface area contributed by atoms with Crippen LogP contribution in [0.2, 0.25) is 0 Å². The SMILES string of the molecule is Nc1nc(C2CCCCCCC2)nc2sc3c(c12)CCC3. The lowest BCUT2D eigenvalue weighted by atomic mass is 9.90. The van der Waals surface area contributed by atoms with Crippen LogP contribution in [0.25, 0.3) is 10.2 Å². The van der Waals surface area contributed by atoms with E-state index in [1.54, 1.807) is 0 Å². The molecule has 21 heavy (non-hydrogen) atoms. The summed E-state index contributed by atoms with van der Waals surface area (Å²) in [4.78, 5) is 12.3. The molecule has 0 bridgehead atoms. The zero-order chi connectivity index (χ0) is 14.2. The number of hydrogen-bond acceptors (Lipinski definition) is 4. The molecule has 0 spiro atoms. The largest absolute Gasteiger partial charge is 0.383 e. The summed E-state index contributed by atoms with van der Waals surface area (Å²) < 4.78 is 0. The summed E-state index contributed by atoms with van der Waals surface area (Å²) in [5.74, 6) is 2.27. The molecule has 1 fully saturated rings. The Bertz CT molecular complexity index is 654. The molecule has 112 valence electrons. The molecular formula is C17H23N3S. The summed E-state index contributed by atoms with van der Waals surface area (Å²) in [6.07, 6.45) is 12.8. The van der Waals surface area contributed by atoms with E-state index in [9.17, 15) is 0 Å². The van der Waals surface area contributed by atoms with E-state index in [4.69, 9.17) is 15.7 Å². The Morgan fingerprint density at radius 3 is 2.48 bits per heavy atom. The highest BCUT2D eigenvalue weighted by molar-refractivity contribution is 7.19. The van der Waals surface area contributed by atoms with Crippen LogP contribution in [0, 0.1) is 0 Å². The minimum absolute atomic E-state index is 0.522. The van der Waals surface area contributed by atoms with Crippen molar-refractivity contribution in [2.75, 3.05) is 5.73 Å². The maximum Gasteiger partial charge on any atom is 0.136 e. The van der Waals surface area contributed by atoms with Crippen LogP contribution in [-0.4, -0.2) is 9.97 Å². The zero-order valence-electron chi connectivity index (χ0n) is 12.5. The van der Waals surface area contributed by atoms with Gasteiger partial charge in [-0.1, -0.05) is 32.1 Å². The molecule has 2 N–H and O–H groups in total. The van der Waals surface area contributed by atoms with Crippen LogP contribution in [0.3, 0.4) is 0 Å². The second kappa shape index (κ2) is 5.56. The molecule has 2 aromatic rings. The molecule has 0 aromatic carbocycles. The molecule has 0 atom stereocenters. The number of fused-ring (bicyclic) bond motifs is 3. The van der Waals surface area contributed by atoms with Crippen LogP contribution < -0.4 is 5.73 Å². The van der Waals surface area contributed by atoms with Crippen molar-refractivity contribution in [1.82, 2.24) is 9.97 Å². The lowest BCUT2D eigenvalue weighted by molar-refractivity contribution is 0.443. The van der Waals surface area contributed by atoms with Gasteiger partial charge < -0.3 is 5.73 Å². The van der Waals surface area contributed by atoms with Gasteiger partial charge in [-0.15, -0.1) is 11.3 Å². The number of nitrogens with two attached hydrogens (primary N) is 1. The van der Waals surface area contributed by atoms with Gasteiger partial charge in [0.1, 0.15) is 16.5 Å². The molecule has 0 saturated heterocycles. The summed E-state index contributed by atoms with van der Waals surface area (Å²) in [5, 5.41) is 1.17. The summed E-state index contributed by atoms with van der Waals surface area (Å²) in [6.45, 7) is 0. The second-order valence-electron chi connectivity index (χ2n) is 6.55. The Labute approximate surface area is 130 Å². The van der Waals surface area contributed by atoms with Gasteiger partial charge in [-0.25, -0.2) is 9.97 Å². The summed E-state index contributed by atoms with van der Waals surface area (Å²) in [7, 11) is 0. The molecule has 3 nitrogen and oxygen atoms in total. The van der Waals surface area contributed by atoms with E-state index in [-0.39, 0.29) is 0 Å². The van der Waals surface area contributed by atoms with Gasteiger partial charge in [0.15, 0.2) is 0 Å². The van der Waals surface area contributed by atoms with Crippen molar-refractivity contribution in [2.45, 2.75) is 70.1 Å². The zero-order valence-corrected chi connectivity index (χ0v) is 13.3. The fourth-order valence-electron chi connectivity index (χ4n) is 3.94. The Morgan fingerprint density at radius 1 is 0.905 bits per heavy atom. The van der Waals surface area contributed by atoms with E-state index in [1.807, 2.05) is 11.3 Å². The predicted octanol–water partition coefficient (Wildman–Crippen LogP) is 4.59. The number of hydrogen-bond donors (Lipinski definition) is 1. The van der Waals surface area contributed by atoms with E-state index in [1.165, 1.54) is 73.6 Å². The normalized spacial score (nSPS) is 20.4. The first-order valence-electron chi connectivity index (χ1n) is 8.40. The lowest BCUT2D eigenvalue weighted by Crippen LogP contribution is -2.08. The van der Waals surface area contributed by atoms with Crippen LogP contribution >= 0.6 is 11.3 Å². The molecule has 2 aliphatic rings. The fraction of sp³-hybridized carbons (Fsp3) is 0.647. The predicted molar refractivity (Wildman–Crippen MR) is 88.9 cm³/mol. The average molecular weight is 301 g/mol. The molecule has 4 rings (SSSR count). The maximum atomic E-state index is 6.31. The number of nitrogens with zero attached hydrogens (tertiary/aromatic N) is 2. The summed E-state index contributed by atoms with van der Waals surface area (Å²) >= 11 is 1.86. The Morgan fingerprint density at radius 2 is 1.67 bits per heavy atom. The topological polar surface area (TPSA) is 51.8 Å². The summed E-state index contributed by atoms with van der Waals surface area (Å²) in [5.41, 5.74) is 7.75. The minimum Gasteiger partial charge on any atom is -0.383 e. The first-order chi connectivity index (χ1) is 10.3. The highest BCUT2D eigenvalue weighted by Gasteiger charge is 2.23. The van der Waals surface area contributed by atoms with Crippen LogP contribution in [-0.2, 0) is 12.8 Å². The second-order valence-corrected chi connectivity index (χ2v) is 7.63. The van der Waals surface area contributed by atoms with Crippen molar-refractivity contribution in [3.63, 3.8) is 0 Å². The van der Waals surface area contributed by atoms with Gasteiger partial charge in [0, 0.05) is 10.8 Å². The molecule has 2 aliphatic carbocycles. The van der Waals surface area contributed by atoms with E-state index >= 15 is 0 Å². The number of anilines is 1. The summed E-state index contributed by atoms with van der Waals surface area (Å²) in [6, 6.07) is 0. The number of nitrogen functional groups attached to an aromatic ring is 1. The first-order valence-corrected chi connectivity index (χ1v) is 9.22. The maximum absolute atomic E-state index is 6.31. The molecule has 0 radical (unpaired) electrons. The van der Waals surface area contributed by atoms with E-state index < -0.39 is 0 Å². The highest BCUT2D eigenvalue weighted by atomic mass is 32.1. The van der Waals surface area contributed by atoms with Crippen LogP contribution in [0.4, 0.5) is 5.82 Å². The van der Waals surface area contributed by atoms with Crippen molar-refractivity contribution in [3.05, 3.63) is 16.3 Å². The molecule has 0 aliphatic heterocycles. The third-order valence-corrected chi connectivity index (χ3v) is 6.27. The standard InChI is InChI=1S/C17H23N3S/c18-15-14-12-9-6-10-13(12)21-17(14)20-16(19-15)11-7-4-2-1-3-5-8-11/h11H,1-10H2,(H2,18,19,20). The van der Waals surface area contributed by atoms with Crippen molar-refractivity contribution < 1.29 is 0 Å². The molecule has 1 saturated carbocycles. The van der Waals surface area contributed by atoms with Gasteiger partial charge in [0.25, 0.3) is 0 Å². The number of thiophene rings is 1. The van der Waals surface area contributed by atoms with Crippen LogP contribution in [0.15, 0.2) is 0 Å². The van der Waals surface area contributed by atoms with Crippen molar-refractivity contribution in [3.8, 4) is 0 Å². The molecule has 2 aromatic heterocycles. The van der Waals surface area contributed by atoms with Gasteiger partial charge in [-0.3, -0.25) is 0 Å².